The highest BCUT2D eigenvalue weighted by atomic mass is 127. The molecule has 1 aromatic rings. The molecule has 0 saturated heterocycles. The number of nitrogens with zero attached hydrogens (tertiary/aromatic N) is 1. The third-order valence-corrected chi connectivity index (χ3v) is 4.26. The number of amides is 1. The van der Waals surface area contributed by atoms with Gasteiger partial charge in [-0.05, 0) is 69.6 Å². The van der Waals surface area contributed by atoms with Crippen molar-refractivity contribution in [3.8, 4) is 0 Å². The van der Waals surface area contributed by atoms with Gasteiger partial charge < -0.3 is 4.90 Å². The molecule has 0 bridgehead atoms. The topological polar surface area (TPSA) is 20.3 Å². The molecule has 0 unspecified atom stereocenters. The van der Waals surface area contributed by atoms with Crippen LogP contribution < -0.4 is 0 Å². The van der Waals surface area contributed by atoms with Crippen LogP contribution in [0.15, 0.2) is 22.7 Å². The van der Waals surface area contributed by atoms with E-state index in [0.29, 0.717) is 18.5 Å². The molecule has 0 N–H and O–H groups in total. The zero-order valence-electron chi connectivity index (χ0n) is 9.13. The number of benzene rings is 1. The average Bonchev–Trinajstić information content (AvgIpc) is 3.12. The van der Waals surface area contributed by atoms with Crippen molar-refractivity contribution in [3.63, 3.8) is 0 Å². The van der Waals surface area contributed by atoms with E-state index in [1.165, 1.54) is 0 Å². The van der Waals surface area contributed by atoms with E-state index < -0.39 is 0 Å². The molecule has 0 aromatic heterocycles. The van der Waals surface area contributed by atoms with Crippen LogP contribution in [0.2, 0.25) is 0 Å². The molecular formula is C12H12BrClINO. The van der Waals surface area contributed by atoms with Crippen LogP contribution in [-0.2, 0) is 0 Å². The second kappa shape index (κ2) is 5.89. The molecule has 17 heavy (non-hydrogen) atoms. The van der Waals surface area contributed by atoms with E-state index in [9.17, 15) is 4.79 Å². The van der Waals surface area contributed by atoms with E-state index in [-0.39, 0.29) is 5.91 Å². The second-order valence-corrected chi connectivity index (χ2v) is 6.52. The van der Waals surface area contributed by atoms with E-state index >= 15 is 0 Å². The molecular weight excluding hydrogens is 416 g/mol. The smallest absolute Gasteiger partial charge is 0.255 e. The molecule has 2 rings (SSSR count). The molecule has 0 aliphatic heterocycles. The monoisotopic (exact) mass is 427 g/mol. The maximum atomic E-state index is 12.4. The molecule has 92 valence electrons. The minimum Gasteiger partial charge on any atom is -0.334 e. The number of halogens is 3. The molecule has 1 aliphatic carbocycles. The summed E-state index contributed by atoms with van der Waals surface area (Å²) in [5.74, 6) is 0.572. The van der Waals surface area contributed by atoms with Gasteiger partial charge in [0.25, 0.3) is 5.91 Å². The predicted octanol–water partition coefficient (Wildman–Crippen LogP) is 3.90. The van der Waals surface area contributed by atoms with Crippen LogP contribution in [0.1, 0.15) is 23.2 Å². The molecule has 1 aliphatic rings. The Kier molecular flexibility index (Phi) is 4.72. The normalized spacial score (nSPS) is 14.8. The van der Waals surface area contributed by atoms with Crippen molar-refractivity contribution in [3.05, 3.63) is 31.8 Å². The van der Waals surface area contributed by atoms with Crippen LogP contribution in [0.25, 0.3) is 0 Å². The Morgan fingerprint density at radius 1 is 1.53 bits per heavy atom. The summed E-state index contributed by atoms with van der Waals surface area (Å²) in [7, 11) is 0. The summed E-state index contributed by atoms with van der Waals surface area (Å²) in [6.07, 6.45) is 2.20. The summed E-state index contributed by atoms with van der Waals surface area (Å²) in [6.45, 7) is 0.628. The molecule has 1 saturated carbocycles. The summed E-state index contributed by atoms with van der Waals surface area (Å²) in [5.41, 5.74) is 0.730. The van der Waals surface area contributed by atoms with Crippen molar-refractivity contribution in [2.45, 2.75) is 18.9 Å². The molecule has 0 spiro atoms. The molecule has 0 atom stereocenters. The van der Waals surface area contributed by atoms with Crippen LogP contribution in [0.4, 0.5) is 0 Å². The highest BCUT2D eigenvalue weighted by Crippen LogP contribution is 2.30. The van der Waals surface area contributed by atoms with Gasteiger partial charge in [0.15, 0.2) is 0 Å². The molecule has 1 fully saturated rings. The summed E-state index contributed by atoms with van der Waals surface area (Å²) in [5, 5.41) is 0. The third kappa shape index (κ3) is 3.35. The standard InChI is InChI=1S/C12H12BrClINO/c13-11-4-1-8(15)7-10(11)12(17)16(6-5-14)9-2-3-9/h1,4,7,9H,2-3,5-6H2. The van der Waals surface area contributed by atoms with Gasteiger partial charge in [-0.15, -0.1) is 11.6 Å². The van der Waals surface area contributed by atoms with Crippen molar-refractivity contribution < 1.29 is 4.79 Å². The summed E-state index contributed by atoms with van der Waals surface area (Å²) in [4.78, 5) is 14.3. The highest BCUT2D eigenvalue weighted by Gasteiger charge is 2.33. The van der Waals surface area contributed by atoms with E-state index in [0.717, 1.165) is 26.4 Å². The zero-order chi connectivity index (χ0) is 12.4. The van der Waals surface area contributed by atoms with Gasteiger partial charge in [-0.3, -0.25) is 4.79 Å². The maximum Gasteiger partial charge on any atom is 0.255 e. The van der Waals surface area contributed by atoms with Crippen molar-refractivity contribution in [2.24, 2.45) is 0 Å². The fourth-order valence-corrected chi connectivity index (χ4v) is 2.83. The van der Waals surface area contributed by atoms with Crippen molar-refractivity contribution in [1.82, 2.24) is 4.90 Å². The van der Waals surface area contributed by atoms with Gasteiger partial charge >= 0.3 is 0 Å². The highest BCUT2D eigenvalue weighted by molar-refractivity contribution is 14.1. The Bertz CT molecular complexity index is 437. The van der Waals surface area contributed by atoms with E-state index in [1.54, 1.807) is 0 Å². The Morgan fingerprint density at radius 3 is 2.82 bits per heavy atom. The first-order valence-electron chi connectivity index (χ1n) is 5.45. The summed E-state index contributed by atoms with van der Waals surface area (Å²) in [6, 6.07) is 6.20. The van der Waals surface area contributed by atoms with E-state index in [4.69, 9.17) is 11.6 Å². The summed E-state index contributed by atoms with van der Waals surface area (Å²) < 4.78 is 1.92. The van der Waals surface area contributed by atoms with Gasteiger partial charge in [0.1, 0.15) is 0 Å². The van der Waals surface area contributed by atoms with E-state index in [2.05, 4.69) is 38.5 Å². The van der Waals surface area contributed by atoms with E-state index in [1.807, 2.05) is 23.1 Å². The summed E-state index contributed by atoms with van der Waals surface area (Å²) >= 11 is 11.4. The Hall–Kier alpha value is 0.190. The number of carbonyl (C=O) groups excluding carboxylic acids is 1. The fourth-order valence-electron chi connectivity index (χ4n) is 1.74. The lowest BCUT2D eigenvalue weighted by atomic mass is 10.2. The van der Waals surface area contributed by atoms with Crippen LogP contribution in [0, 0.1) is 3.57 Å². The SMILES string of the molecule is O=C(c1cc(I)ccc1Br)N(CCCl)C1CC1. The third-order valence-electron chi connectivity index (χ3n) is 2.73. The molecule has 2 nitrogen and oxygen atoms in total. The molecule has 5 heteroatoms. The minimum absolute atomic E-state index is 0.0820. The lowest BCUT2D eigenvalue weighted by molar-refractivity contribution is 0.0752. The quantitative estimate of drug-likeness (QED) is 0.526. The molecule has 0 heterocycles. The largest absolute Gasteiger partial charge is 0.334 e. The number of hydrogen-bond donors (Lipinski definition) is 0. The fraction of sp³-hybridized carbons (Fsp3) is 0.417. The van der Waals surface area contributed by atoms with Crippen molar-refractivity contribution >= 4 is 56.0 Å². The minimum atomic E-state index is 0.0820. The van der Waals surface area contributed by atoms with Crippen molar-refractivity contribution in [1.29, 1.82) is 0 Å². The lowest BCUT2D eigenvalue weighted by Crippen LogP contribution is -2.35. The van der Waals surface area contributed by atoms with Crippen molar-refractivity contribution in [2.75, 3.05) is 12.4 Å². The first-order valence-corrected chi connectivity index (χ1v) is 7.86. The molecule has 1 amide bonds. The first-order chi connectivity index (χ1) is 8.13. The van der Waals surface area contributed by atoms with Crippen LogP contribution in [-0.4, -0.2) is 29.3 Å². The van der Waals surface area contributed by atoms with Gasteiger partial charge in [-0.25, -0.2) is 0 Å². The Balaban J connectivity index is 2.24. The lowest BCUT2D eigenvalue weighted by Gasteiger charge is -2.22. The maximum absolute atomic E-state index is 12.4. The first kappa shape index (κ1) is 13.6. The number of carbonyl (C=O) groups is 1. The van der Waals surface area contributed by atoms with Crippen LogP contribution in [0.3, 0.4) is 0 Å². The molecule has 0 radical (unpaired) electrons. The van der Waals surface area contributed by atoms with Gasteiger partial charge in [0.2, 0.25) is 0 Å². The predicted molar refractivity (Wildman–Crippen MR) is 81.6 cm³/mol. The Morgan fingerprint density at radius 2 is 2.24 bits per heavy atom. The second-order valence-electron chi connectivity index (χ2n) is 4.04. The van der Waals surface area contributed by atoms with Gasteiger partial charge in [0.05, 0.1) is 5.56 Å². The Labute approximate surface area is 128 Å². The van der Waals surface area contributed by atoms with Gasteiger partial charge in [-0.2, -0.15) is 0 Å². The zero-order valence-corrected chi connectivity index (χ0v) is 13.6. The number of alkyl halides is 1. The number of rotatable bonds is 4. The van der Waals surface area contributed by atoms with Crippen LogP contribution in [0.5, 0.6) is 0 Å². The average molecular weight is 428 g/mol. The molecule has 1 aromatic carbocycles. The van der Waals surface area contributed by atoms with Crippen LogP contribution >= 0.6 is 50.1 Å². The number of hydrogen-bond acceptors (Lipinski definition) is 1. The van der Waals surface area contributed by atoms with Gasteiger partial charge in [0, 0.05) is 26.5 Å². The van der Waals surface area contributed by atoms with Gasteiger partial charge in [-0.1, -0.05) is 0 Å².